The van der Waals surface area contributed by atoms with E-state index in [0.29, 0.717) is 11.1 Å². The van der Waals surface area contributed by atoms with E-state index in [9.17, 15) is 39.3 Å². The van der Waals surface area contributed by atoms with Crippen LogP contribution in [0, 0.1) is 23.7 Å². The highest BCUT2D eigenvalue weighted by molar-refractivity contribution is 6.33. The number of benzene rings is 1. The number of hydrogen-bond acceptors (Lipinski definition) is 9. The molecule has 10 nitrogen and oxygen atoms in total. The largest absolute Gasteiger partial charge is 0.507 e. The summed E-state index contributed by atoms with van der Waals surface area (Å²) in [7, 11) is 3.04. The number of nitrogens with zero attached hydrogens (tertiary/aromatic N) is 1. The number of halogens is 1. The van der Waals surface area contributed by atoms with Gasteiger partial charge in [-0.25, -0.2) is 0 Å². The molecule has 35 heavy (non-hydrogen) atoms. The molecule has 0 spiro atoms. The molecule has 0 bridgehead atoms. The average Bonchev–Trinajstić information content (AvgIpc) is 2.77. The Hall–Kier alpha value is -2.92. The lowest BCUT2D eigenvalue weighted by Gasteiger charge is -2.52. The first-order valence-electron chi connectivity index (χ1n) is 11.0. The van der Waals surface area contributed by atoms with E-state index in [-0.39, 0.29) is 29.2 Å². The van der Waals surface area contributed by atoms with E-state index in [1.165, 1.54) is 37.2 Å². The van der Waals surface area contributed by atoms with E-state index in [1.807, 2.05) is 0 Å². The minimum atomic E-state index is -2.76. The second-order valence-corrected chi connectivity index (χ2v) is 10.1. The van der Waals surface area contributed by atoms with Gasteiger partial charge in [0.2, 0.25) is 5.91 Å². The Morgan fingerprint density at radius 3 is 2.46 bits per heavy atom. The van der Waals surface area contributed by atoms with E-state index in [2.05, 4.69) is 0 Å². The Morgan fingerprint density at radius 1 is 1.23 bits per heavy atom. The Balaban J connectivity index is 1.88. The summed E-state index contributed by atoms with van der Waals surface area (Å²) in [5.74, 6) is -11.0. The summed E-state index contributed by atoms with van der Waals surface area (Å²) >= 11 is 5.97. The summed E-state index contributed by atoms with van der Waals surface area (Å²) in [6, 6.07) is 1.61. The molecular weight excluding hydrogens is 480 g/mol. The van der Waals surface area contributed by atoms with Gasteiger partial charge in [0.25, 0.3) is 0 Å². The molecule has 11 heteroatoms. The molecule has 2 saturated carbocycles. The van der Waals surface area contributed by atoms with Crippen molar-refractivity contribution in [3.63, 3.8) is 0 Å². The van der Waals surface area contributed by atoms with Crippen LogP contribution in [-0.4, -0.2) is 81.6 Å². The molecule has 0 saturated heterocycles. The minimum absolute atomic E-state index is 0.0452. The zero-order valence-corrected chi connectivity index (χ0v) is 19.8. The van der Waals surface area contributed by atoms with Gasteiger partial charge in [-0.05, 0) is 56.1 Å². The second kappa shape index (κ2) is 8.63. The number of phenols is 1. The number of nitrogens with two attached hydrogens (primary N) is 1. The van der Waals surface area contributed by atoms with Gasteiger partial charge in [0.05, 0.1) is 24.1 Å². The van der Waals surface area contributed by atoms with Crippen molar-refractivity contribution in [2.75, 3.05) is 20.7 Å². The minimum Gasteiger partial charge on any atom is -0.507 e. The number of carbonyl (C=O) groups excluding carboxylic acids is 5. The molecule has 0 aliphatic heterocycles. The van der Waals surface area contributed by atoms with Crippen molar-refractivity contribution in [3.05, 3.63) is 33.9 Å². The second-order valence-electron chi connectivity index (χ2n) is 9.57. The van der Waals surface area contributed by atoms with Crippen LogP contribution in [0.15, 0.2) is 17.2 Å². The molecule has 0 radical (unpaired) electrons. The molecule has 0 aromatic heterocycles. The Bertz CT molecular complexity index is 1210. The van der Waals surface area contributed by atoms with Crippen molar-refractivity contribution in [1.29, 1.82) is 0 Å². The van der Waals surface area contributed by atoms with Gasteiger partial charge in [0.1, 0.15) is 5.75 Å². The number of primary amides is 1. The highest BCUT2D eigenvalue weighted by atomic mass is 35.5. The summed E-state index contributed by atoms with van der Waals surface area (Å²) in [5.41, 5.74) is 3.27. The highest BCUT2D eigenvalue weighted by Gasteiger charge is 2.69. The molecule has 1 amide bonds. The van der Waals surface area contributed by atoms with Crippen LogP contribution in [0.4, 0.5) is 0 Å². The summed E-state index contributed by atoms with van der Waals surface area (Å²) in [4.78, 5) is 66.9. The van der Waals surface area contributed by atoms with Crippen LogP contribution in [0.3, 0.4) is 0 Å². The number of ketones is 4. The van der Waals surface area contributed by atoms with Gasteiger partial charge < -0.3 is 21.1 Å². The molecule has 3 aliphatic rings. The molecule has 0 heterocycles. The number of Topliss-reactive ketones (excluding diaryl/α,β-unsaturated/α-hetero) is 4. The highest BCUT2D eigenvalue weighted by Crippen LogP contribution is 2.51. The van der Waals surface area contributed by atoms with Gasteiger partial charge in [0, 0.05) is 11.0 Å². The first-order chi connectivity index (χ1) is 16.4. The van der Waals surface area contributed by atoms with Gasteiger partial charge >= 0.3 is 0 Å². The molecule has 6 atom stereocenters. The SMILES string of the molecule is CN(C)[C@H]1C(=O)C(C(N)=O)C(=O)[C@]2(O)C(=O)C3C(=O)c4c(O)ccc(/C=C(\Cl)CO)c4C[C@@H]3C[C@H]12. The van der Waals surface area contributed by atoms with Gasteiger partial charge in [-0.3, -0.25) is 28.9 Å². The maximum Gasteiger partial charge on any atom is 0.235 e. The summed E-state index contributed by atoms with van der Waals surface area (Å²) in [5, 5.41) is 31.3. The standard InChI is InChI=1S/C24H25ClN2O8/c1-27(2)18-13-7-10-6-12-9(5-11(25)8-28)3-4-14(29)16(12)19(30)15(10)21(32)24(13,35)22(33)17(20(18)31)23(26)34/h3-5,10,13,15,17-18,28-29,35H,6-8H2,1-2H3,(H2,26,34)/b11-5-/t10-,13-,15?,17?,18-,24-/m1/s1. The number of rotatable bonds is 4. The summed E-state index contributed by atoms with van der Waals surface area (Å²) < 4.78 is 0. The van der Waals surface area contributed by atoms with Crippen molar-refractivity contribution in [3.8, 4) is 5.75 Å². The van der Waals surface area contributed by atoms with Crippen molar-refractivity contribution >= 4 is 46.7 Å². The fourth-order valence-corrected chi connectivity index (χ4v) is 6.10. The summed E-state index contributed by atoms with van der Waals surface area (Å²) in [6.45, 7) is -0.444. The van der Waals surface area contributed by atoms with Crippen molar-refractivity contribution in [1.82, 2.24) is 4.90 Å². The lowest BCUT2D eigenvalue weighted by molar-refractivity contribution is -0.181. The smallest absolute Gasteiger partial charge is 0.235 e. The van der Waals surface area contributed by atoms with Crippen LogP contribution in [0.1, 0.15) is 27.9 Å². The van der Waals surface area contributed by atoms with Crippen LogP contribution in [0.25, 0.3) is 6.08 Å². The predicted octanol–water partition coefficient (Wildman–Crippen LogP) is -0.561. The number of fused-ring (bicyclic) bond motifs is 3. The number of carbonyl (C=O) groups is 5. The van der Waals surface area contributed by atoms with Gasteiger partial charge in [0.15, 0.2) is 34.7 Å². The number of aliphatic hydroxyl groups is 2. The van der Waals surface area contributed by atoms with Gasteiger partial charge in [-0.1, -0.05) is 17.7 Å². The molecule has 1 aromatic carbocycles. The maximum atomic E-state index is 13.7. The number of amides is 1. The van der Waals surface area contributed by atoms with Gasteiger partial charge in [-0.15, -0.1) is 0 Å². The monoisotopic (exact) mass is 504 g/mol. The fourth-order valence-electron chi connectivity index (χ4n) is 5.98. The maximum absolute atomic E-state index is 13.7. The normalized spacial score (nSPS) is 32.9. The molecular formula is C24H25ClN2O8. The zero-order valence-electron chi connectivity index (χ0n) is 19.0. The molecule has 3 aliphatic carbocycles. The summed E-state index contributed by atoms with van der Waals surface area (Å²) in [6.07, 6.45) is 1.51. The van der Waals surface area contributed by atoms with Crippen molar-refractivity contribution < 1.29 is 39.3 Å². The molecule has 5 N–H and O–H groups in total. The van der Waals surface area contributed by atoms with E-state index < -0.39 is 71.0 Å². The average molecular weight is 505 g/mol. The van der Waals surface area contributed by atoms with E-state index in [0.717, 1.165) is 0 Å². The quantitative estimate of drug-likeness (QED) is 0.391. The topological polar surface area (TPSA) is 175 Å². The third-order valence-electron chi connectivity index (χ3n) is 7.44. The Kier molecular flexibility index (Phi) is 6.21. The lowest BCUT2D eigenvalue weighted by Crippen LogP contribution is -2.74. The molecule has 186 valence electrons. The number of likely N-dealkylation sites (N-methyl/N-ethyl adjacent to an activating group) is 1. The first kappa shape index (κ1) is 25.2. The number of hydrogen-bond donors (Lipinski definition) is 4. The Morgan fingerprint density at radius 2 is 1.89 bits per heavy atom. The van der Waals surface area contributed by atoms with E-state index in [1.54, 1.807) is 0 Å². The lowest BCUT2D eigenvalue weighted by atomic mass is 9.52. The molecule has 2 unspecified atom stereocenters. The number of phenolic OH excluding ortho intramolecular Hbond substituents is 1. The van der Waals surface area contributed by atoms with E-state index in [4.69, 9.17) is 17.3 Å². The van der Waals surface area contributed by atoms with Crippen LogP contribution in [-0.2, 0) is 25.6 Å². The number of aliphatic hydroxyl groups excluding tert-OH is 1. The molecule has 2 fully saturated rings. The van der Waals surface area contributed by atoms with Crippen LogP contribution in [0.2, 0.25) is 0 Å². The first-order valence-corrected chi connectivity index (χ1v) is 11.4. The third kappa shape index (κ3) is 3.55. The van der Waals surface area contributed by atoms with Crippen molar-refractivity contribution in [2.45, 2.75) is 24.5 Å². The van der Waals surface area contributed by atoms with Gasteiger partial charge in [-0.2, -0.15) is 0 Å². The predicted molar refractivity (Wildman–Crippen MR) is 122 cm³/mol. The fraction of sp³-hybridized carbons (Fsp3) is 0.458. The number of aromatic hydroxyl groups is 1. The van der Waals surface area contributed by atoms with Crippen LogP contribution >= 0.6 is 11.6 Å². The zero-order chi connectivity index (χ0) is 26.0. The van der Waals surface area contributed by atoms with Crippen LogP contribution in [0.5, 0.6) is 5.75 Å². The van der Waals surface area contributed by atoms with Crippen LogP contribution < -0.4 is 5.73 Å². The van der Waals surface area contributed by atoms with Crippen molar-refractivity contribution in [2.24, 2.45) is 29.4 Å². The molecule has 1 aromatic rings. The van der Waals surface area contributed by atoms with E-state index >= 15 is 0 Å². The third-order valence-corrected chi connectivity index (χ3v) is 7.67. The Labute approximate surface area is 205 Å². The molecule has 4 rings (SSSR count).